The van der Waals surface area contributed by atoms with Crippen molar-refractivity contribution in [1.29, 1.82) is 0 Å². The van der Waals surface area contributed by atoms with E-state index in [0.29, 0.717) is 41.7 Å². The van der Waals surface area contributed by atoms with Crippen molar-refractivity contribution in [3.05, 3.63) is 23.9 Å². The largest absolute Gasteiger partial charge is 0.497 e. The maximum atomic E-state index is 14.3. The van der Waals surface area contributed by atoms with Crippen LogP contribution in [-0.2, 0) is 30.8 Å². The molecule has 18 heteroatoms. The molecule has 55 heavy (non-hydrogen) atoms. The maximum absolute atomic E-state index is 14.3. The molecule has 3 saturated carbocycles. The number of aromatic nitrogens is 2. The topological polar surface area (TPSA) is 206 Å². The van der Waals surface area contributed by atoms with Gasteiger partial charge in [-0.2, -0.15) is 0 Å². The number of carbonyl (C=O) groups excluding carboxylic acids is 3. The van der Waals surface area contributed by atoms with Gasteiger partial charge in [-0.3, -0.25) is 19.1 Å². The van der Waals surface area contributed by atoms with Gasteiger partial charge in [-0.15, -0.1) is 0 Å². The third kappa shape index (κ3) is 9.04. The molecule has 6 rings (SSSR count). The minimum absolute atomic E-state index is 0.179. The number of aryl methyl sites for hydroxylation is 1. The number of halogens is 2. The van der Waals surface area contributed by atoms with Crippen LogP contribution in [0.2, 0.25) is 0 Å². The summed E-state index contributed by atoms with van der Waals surface area (Å²) in [7, 11) is -2.65. The summed E-state index contributed by atoms with van der Waals surface area (Å²) in [6, 6.07) is 3.94. The number of sulfonamides is 1. The zero-order valence-electron chi connectivity index (χ0n) is 31.3. The van der Waals surface area contributed by atoms with Crippen LogP contribution in [0.5, 0.6) is 11.6 Å². The summed E-state index contributed by atoms with van der Waals surface area (Å²) in [6.45, 7) is 2.38. The van der Waals surface area contributed by atoms with Gasteiger partial charge < -0.3 is 30.1 Å². The predicted molar refractivity (Wildman–Crippen MR) is 195 cm³/mol. The number of fused-ring (bicyclic) bond motifs is 1. The van der Waals surface area contributed by atoms with Crippen molar-refractivity contribution < 1.29 is 51.0 Å². The van der Waals surface area contributed by atoms with E-state index in [9.17, 15) is 41.5 Å². The Morgan fingerprint density at radius 1 is 1.09 bits per heavy atom. The van der Waals surface area contributed by atoms with Crippen LogP contribution in [-0.4, -0.2) is 101 Å². The number of nitrogens with one attached hydrogen (secondary N) is 3. The highest BCUT2D eigenvalue weighted by molar-refractivity contribution is 7.91. The molecule has 302 valence electrons. The number of carboxylic acid groups (broad SMARTS) is 1. The van der Waals surface area contributed by atoms with E-state index in [2.05, 4.69) is 5.32 Å². The van der Waals surface area contributed by atoms with E-state index in [1.807, 2.05) is 10.0 Å². The van der Waals surface area contributed by atoms with Gasteiger partial charge in [-0.25, -0.2) is 32.0 Å². The van der Waals surface area contributed by atoms with Crippen molar-refractivity contribution in [2.24, 2.45) is 17.8 Å². The number of methoxy groups -OCH3 is 1. The Bertz CT molecular complexity index is 1910. The predicted octanol–water partition coefficient (Wildman–Crippen LogP) is 3.93. The molecule has 1 aromatic heterocycles. The van der Waals surface area contributed by atoms with Crippen LogP contribution in [0.3, 0.4) is 0 Å². The molecular weight excluding hydrogens is 743 g/mol. The Morgan fingerprint density at radius 2 is 1.84 bits per heavy atom. The van der Waals surface area contributed by atoms with Gasteiger partial charge in [0, 0.05) is 18.4 Å². The second kappa shape index (κ2) is 16.0. The lowest BCUT2D eigenvalue weighted by Crippen LogP contribution is -2.58. The molecule has 4 N–H and O–H groups in total. The van der Waals surface area contributed by atoms with Crippen LogP contribution in [0.15, 0.2) is 18.2 Å². The van der Waals surface area contributed by atoms with E-state index in [1.54, 1.807) is 25.1 Å². The number of carbonyl (C=O) groups is 4. The molecule has 0 radical (unpaired) electrons. The minimum atomic E-state index is -4.18. The molecule has 1 saturated heterocycles. The summed E-state index contributed by atoms with van der Waals surface area (Å²) in [4.78, 5) is 63.7. The molecule has 4 amide bonds. The molecule has 4 aliphatic rings. The van der Waals surface area contributed by atoms with Crippen molar-refractivity contribution in [1.82, 2.24) is 30.2 Å². The van der Waals surface area contributed by atoms with Crippen molar-refractivity contribution in [2.75, 3.05) is 20.2 Å². The highest BCUT2D eigenvalue weighted by Crippen LogP contribution is 2.49. The zero-order valence-corrected chi connectivity index (χ0v) is 32.1. The van der Waals surface area contributed by atoms with E-state index < -0.39 is 87.5 Å². The molecule has 1 aliphatic heterocycles. The van der Waals surface area contributed by atoms with E-state index in [-0.39, 0.29) is 25.3 Å². The van der Waals surface area contributed by atoms with Crippen molar-refractivity contribution >= 4 is 44.9 Å². The number of nitrogens with zero attached hydrogens (tertiary/aromatic N) is 3. The first kappa shape index (κ1) is 40.3. The van der Waals surface area contributed by atoms with Crippen LogP contribution in [0.4, 0.5) is 13.6 Å². The number of hydrogen-bond acceptors (Lipinski definition) is 10. The smallest absolute Gasteiger partial charge is 0.405 e. The van der Waals surface area contributed by atoms with Crippen LogP contribution in [0.25, 0.3) is 11.0 Å². The summed E-state index contributed by atoms with van der Waals surface area (Å²) in [5.74, 6) is -3.00. The quantitative estimate of drug-likeness (QED) is 0.150. The fraction of sp³-hybridized carbons (Fsp3) is 0.676. The maximum Gasteiger partial charge on any atom is 0.405 e. The lowest BCUT2D eigenvalue weighted by Gasteiger charge is -2.29. The van der Waals surface area contributed by atoms with Crippen molar-refractivity contribution in [2.45, 2.75) is 120 Å². The summed E-state index contributed by atoms with van der Waals surface area (Å²) >= 11 is 0. The van der Waals surface area contributed by atoms with Gasteiger partial charge in [0.1, 0.15) is 35.7 Å². The first-order chi connectivity index (χ1) is 26.1. The third-order valence-corrected chi connectivity index (χ3v) is 13.7. The van der Waals surface area contributed by atoms with Crippen molar-refractivity contribution in [3.8, 4) is 11.6 Å². The summed E-state index contributed by atoms with van der Waals surface area (Å²) in [5, 5.41) is 13.8. The molecule has 1 aromatic carbocycles. The van der Waals surface area contributed by atoms with Crippen LogP contribution in [0, 0.1) is 17.8 Å². The average Bonchev–Trinajstić information content (AvgIpc) is 4.08. The number of alkyl halides is 2. The number of rotatable bonds is 19. The van der Waals surface area contributed by atoms with Gasteiger partial charge in [0.25, 0.3) is 5.91 Å². The lowest BCUT2D eigenvalue weighted by molar-refractivity contribution is -0.140. The van der Waals surface area contributed by atoms with E-state index in [1.165, 1.54) is 33.3 Å². The van der Waals surface area contributed by atoms with E-state index in [0.717, 1.165) is 30.1 Å². The lowest BCUT2D eigenvalue weighted by atomic mass is 9.93. The molecule has 3 aliphatic carbocycles. The van der Waals surface area contributed by atoms with Gasteiger partial charge in [-0.05, 0) is 69.4 Å². The minimum Gasteiger partial charge on any atom is -0.497 e. The highest BCUT2D eigenvalue weighted by atomic mass is 32.2. The molecule has 5 atom stereocenters. The molecule has 0 unspecified atom stereocenters. The Morgan fingerprint density at radius 3 is 2.47 bits per heavy atom. The highest BCUT2D eigenvalue weighted by Gasteiger charge is 2.64. The molecule has 4 fully saturated rings. The third-order valence-electron chi connectivity index (χ3n) is 11.6. The molecule has 0 bridgehead atoms. The van der Waals surface area contributed by atoms with Gasteiger partial charge in [0.2, 0.25) is 34.1 Å². The van der Waals surface area contributed by atoms with E-state index >= 15 is 0 Å². The normalized spacial score (nSPS) is 25.4. The number of unbranched alkanes of at least 4 members (excludes halogenated alkanes) is 2. The average molecular weight is 793 g/mol. The fourth-order valence-electron chi connectivity index (χ4n) is 7.62. The monoisotopic (exact) mass is 792 g/mol. The molecule has 0 spiro atoms. The Balaban J connectivity index is 1.28. The summed E-state index contributed by atoms with van der Waals surface area (Å²) in [6.07, 6.45) is 1.96. The Kier molecular flexibility index (Phi) is 11.7. The van der Waals surface area contributed by atoms with Gasteiger partial charge in [0.15, 0.2) is 0 Å². The first-order valence-electron chi connectivity index (χ1n) is 19.0. The van der Waals surface area contributed by atoms with Crippen molar-refractivity contribution in [3.63, 3.8) is 0 Å². The zero-order chi connectivity index (χ0) is 39.7. The van der Waals surface area contributed by atoms with Crippen LogP contribution in [0.1, 0.15) is 90.2 Å². The van der Waals surface area contributed by atoms with Gasteiger partial charge in [0.05, 0.1) is 29.4 Å². The van der Waals surface area contributed by atoms with Gasteiger partial charge in [-0.1, -0.05) is 39.0 Å². The molecule has 2 heterocycles. The number of amides is 4. The summed E-state index contributed by atoms with van der Waals surface area (Å²) < 4.78 is 66.0. The second-order valence-electron chi connectivity index (χ2n) is 15.6. The number of ether oxygens (including phenoxy) is 2. The first-order valence-corrected chi connectivity index (χ1v) is 20.5. The van der Waals surface area contributed by atoms with Crippen LogP contribution < -0.4 is 24.8 Å². The standard InChI is InChI=1S/C37H50F2N6O9S/c1-4-24-28(54-33-26(9-7-5-6-8-21-10-11-21)41-25-13-12-23(53-3)17-27(25)42-33)20-45(30(46)19-40-35(49)50)31(24)32(47)43-37(18-22(37)16-29(38)39)34(48)44-55(51,52)36(2)14-15-36/h12-13,17,21-22,24,28-29,31,40H,4-11,14-16,18-20H2,1-3H3,(H,43,47)(H,44,48)(H,49,50)/t22-,24-,28+,31+,37-/m1/s1. The van der Waals surface area contributed by atoms with Gasteiger partial charge >= 0.3 is 6.09 Å². The Labute approximate surface area is 318 Å². The number of likely N-dealkylation sites (tertiary alicyclic amines) is 1. The summed E-state index contributed by atoms with van der Waals surface area (Å²) in [5.41, 5.74) is -0.261. The molecule has 15 nitrogen and oxygen atoms in total. The second-order valence-corrected chi connectivity index (χ2v) is 17.8. The number of benzene rings is 1. The number of hydrogen-bond donors (Lipinski definition) is 4. The molecule has 2 aromatic rings. The molecular formula is C37H50F2N6O9S. The fourth-order valence-corrected chi connectivity index (χ4v) is 8.93. The Hall–Kier alpha value is -4.35. The van der Waals surface area contributed by atoms with E-state index in [4.69, 9.17) is 19.4 Å². The SMILES string of the molecule is CC[C@@H]1[C@@H](Oc2nc3cc(OC)ccc3nc2CCCCCC2CC2)CN(C(=O)CNC(=O)O)[C@@H]1C(=O)N[C@]1(C(=O)NS(=O)(=O)C2(C)CC2)C[C@H]1CC(F)F. The van der Waals surface area contributed by atoms with Crippen LogP contribution >= 0.6 is 0 Å².